The minimum absolute atomic E-state index is 0. The lowest BCUT2D eigenvalue weighted by Crippen LogP contribution is -2.41. The predicted octanol–water partition coefficient (Wildman–Crippen LogP) is 17.5. The summed E-state index contributed by atoms with van der Waals surface area (Å²) in [5.41, 5.74) is 3.74. The van der Waals surface area contributed by atoms with E-state index in [1.807, 2.05) is 137 Å². The zero-order chi connectivity index (χ0) is 55.0. The third-order valence-corrected chi connectivity index (χ3v) is 9.16. The number of aliphatic carboxylic acids is 2. The third kappa shape index (κ3) is 65.0. The lowest BCUT2D eigenvalue weighted by Gasteiger charge is -2.39. The number of halogens is 2. The zero-order valence-corrected chi connectivity index (χ0v) is 49.2. The molecule has 0 bridgehead atoms. The van der Waals surface area contributed by atoms with Gasteiger partial charge in [-0.25, -0.2) is 13.1 Å². The molecule has 1 heterocycles. The zero-order valence-electron chi connectivity index (χ0n) is 46.8. The van der Waals surface area contributed by atoms with Gasteiger partial charge in [-0.15, -0.1) is 0 Å². The minimum atomic E-state index is -3.35. The molecular formula is C57H121Cl2N3O8S. The van der Waals surface area contributed by atoms with Crippen molar-refractivity contribution in [1.29, 1.82) is 0 Å². The van der Waals surface area contributed by atoms with E-state index in [2.05, 4.69) is 48.3 Å². The first-order chi connectivity index (χ1) is 32.1. The van der Waals surface area contributed by atoms with Crippen LogP contribution in [0, 0.1) is 0 Å². The number of hydrogen-bond donors (Lipinski definition) is 4. The van der Waals surface area contributed by atoms with Crippen LogP contribution in [0.2, 0.25) is 10.0 Å². The summed E-state index contributed by atoms with van der Waals surface area (Å²) in [7, 11) is -3.35. The highest BCUT2D eigenvalue weighted by atomic mass is 35.5. The summed E-state index contributed by atoms with van der Waals surface area (Å²) < 4.78 is 22.1. The fourth-order valence-corrected chi connectivity index (χ4v) is 6.24. The van der Waals surface area contributed by atoms with Crippen LogP contribution in [0.1, 0.15) is 243 Å². The van der Waals surface area contributed by atoms with Crippen LogP contribution in [0.15, 0.2) is 42.5 Å². The van der Waals surface area contributed by atoms with Crippen LogP contribution in [0.25, 0.3) is 0 Å². The first-order valence-corrected chi connectivity index (χ1v) is 28.1. The summed E-state index contributed by atoms with van der Waals surface area (Å²) in [4.78, 5) is 45.0. The van der Waals surface area contributed by atoms with Gasteiger partial charge < -0.3 is 15.5 Å². The topological polar surface area (TPSA) is 170 Å². The van der Waals surface area contributed by atoms with Gasteiger partial charge >= 0.3 is 11.9 Å². The second-order valence-electron chi connectivity index (χ2n) is 12.0. The quantitative estimate of drug-likeness (QED) is 0.162. The maximum absolute atomic E-state index is 13.0. The van der Waals surface area contributed by atoms with Crippen LogP contribution in [0.4, 0.5) is 0 Å². The molecule has 1 fully saturated rings. The Morgan fingerprint density at radius 2 is 1.08 bits per heavy atom. The van der Waals surface area contributed by atoms with Gasteiger partial charge in [-0.1, -0.05) is 241 Å². The van der Waals surface area contributed by atoms with Crippen molar-refractivity contribution in [3.8, 4) is 0 Å². The van der Waals surface area contributed by atoms with E-state index < -0.39 is 28.5 Å². The largest absolute Gasteiger partial charge is 0.480 e. The van der Waals surface area contributed by atoms with Crippen molar-refractivity contribution >= 4 is 56.9 Å². The van der Waals surface area contributed by atoms with Crippen molar-refractivity contribution in [2.45, 2.75) is 245 Å². The Hall–Kier alpha value is -3.03. The summed E-state index contributed by atoms with van der Waals surface area (Å²) >= 11 is 12.1. The number of carboxylic acid groups (broad SMARTS) is 2. The number of Topliss-reactive ketones (excluding diaryl/α,β-unsaturated/α-hetero) is 1. The SMILES string of the molecule is C.C.C.C.CC.CC.CC.CC.CC.CC.CC.CC.CC.CC(=O)NCC(=O)O.CCCCC.CS(=O)(=O)NCC(=O)O.O=C(Cc1ccc(Cl)c(Cl)c1)C[C@H]1c2ccccc2CC[C@@H]1N1CCCC1. The van der Waals surface area contributed by atoms with Crippen molar-refractivity contribution in [2.24, 2.45) is 0 Å². The highest BCUT2D eigenvalue weighted by Crippen LogP contribution is 2.38. The molecule has 1 aliphatic heterocycles. The van der Waals surface area contributed by atoms with Crippen LogP contribution < -0.4 is 10.0 Å². The number of aryl methyl sites for hydroxylation is 1. The standard InChI is InChI=1S/C23H25Cl2NO.C5H12.C4H7NO3.C3H7NO4S.9C2H6.4CH4/c24-21-9-7-16(14-22(21)25)13-18(27)15-20-19-6-2-1-5-17(19)8-10-23(20)26-11-3-4-12-26;1-3-5-4-2;1-3(6)5-2-4(7)8;1-9(7,8)4-2-3(5)6;9*1-2;;;;/h1-2,5-7,9,14,20,23H,3-4,8,10-13,15H2;3-5H2,1-2H3;2H2,1H3,(H,5,6)(H,7,8);4H,2H2,1H3,(H,5,6);9*1-2H3;4*1H4/t20-,23-;;;;;;;;;;;;;;;;/m0................/s1. The summed E-state index contributed by atoms with van der Waals surface area (Å²) in [6.45, 7) is 43.2. The average Bonchev–Trinajstić information content (AvgIpc) is 3.91. The Kier molecular flexibility index (Phi) is 111. The molecule has 2 aromatic carbocycles. The fourth-order valence-electron chi connectivity index (χ4n) is 5.53. The van der Waals surface area contributed by atoms with Gasteiger partial charge in [0, 0.05) is 31.7 Å². The number of sulfonamides is 1. The van der Waals surface area contributed by atoms with Crippen LogP contribution in [0.3, 0.4) is 0 Å². The number of likely N-dealkylation sites (tertiary alicyclic amines) is 1. The van der Waals surface area contributed by atoms with E-state index in [9.17, 15) is 27.6 Å². The molecule has 1 amide bonds. The Balaban J connectivity index is -0.0000000587. The van der Waals surface area contributed by atoms with E-state index >= 15 is 0 Å². The number of carbonyl (C=O) groups is 4. The molecule has 14 heteroatoms. The van der Waals surface area contributed by atoms with Gasteiger partial charge in [0.1, 0.15) is 18.9 Å². The van der Waals surface area contributed by atoms with Crippen LogP contribution in [-0.4, -0.2) is 85.6 Å². The maximum Gasteiger partial charge on any atom is 0.322 e. The minimum Gasteiger partial charge on any atom is -0.480 e. The number of ketones is 1. The van der Waals surface area contributed by atoms with Crippen LogP contribution in [-0.2, 0) is 42.0 Å². The van der Waals surface area contributed by atoms with Crippen LogP contribution in [0.5, 0.6) is 0 Å². The highest BCUT2D eigenvalue weighted by Gasteiger charge is 2.35. The molecule has 71 heavy (non-hydrogen) atoms. The molecule has 1 aliphatic carbocycles. The molecule has 2 aliphatic rings. The predicted molar refractivity (Wildman–Crippen MR) is 323 cm³/mol. The molecule has 0 radical (unpaired) electrons. The molecule has 2 atom stereocenters. The van der Waals surface area contributed by atoms with E-state index in [-0.39, 0.29) is 47.9 Å². The summed E-state index contributed by atoms with van der Waals surface area (Å²) in [5.74, 6) is -1.98. The lowest BCUT2D eigenvalue weighted by molar-refractivity contribution is -0.137. The van der Waals surface area contributed by atoms with E-state index in [4.69, 9.17) is 33.4 Å². The molecule has 2 aromatic rings. The number of nitrogens with one attached hydrogen (secondary N) is 2. The third-order valence-electron chi connectivity index (χ3n) is 7.75. The Labute approximate surface area is 453 Å². The van der Waals surface area contributed by atoms with Gasteiger partial charge in [0.05, 0.1) is 16.3 Å². The molecule has 432 valence electrons. The van der Waals surface area contributed by atoms with Gasteiger partial charge in [0.25, 0.3) is 0 Å². The van der Waals surface area contributed by atoms with Crippen molar-refractivity contribution in [3.63, 3.8) is 0 Å². The van der Waals surface area contributed by atoms with Gasteiger partial charge in [-0.2, -0.15) is 0 Å². The number of carboxylic acids is 2. The molecule has 4 rings (SSSR count). The van der Waals surface area contributed by atoms with Gasteiger partial charge in [-0.3, -0.25) is 24.1 Å². The molecule has 11 nitrogen and oxygen atoms in total. The Bertz CT molecular complexity index is 1460. The van der Waals surface area contributed by atoms with Gasteiger partial charge in [0.15, 0.2) is 0 Å². The molecule has 0 saturated carbocycles. The van der Waals surface area contributed by atoms with Gasteiger partial charge in [0.2, 0.25) is 15.9 Å². The van der Waals surface area contributed by atoms with Crippen molar-refractivity contribution in [3.05, 3.63) is 69.2 Å². The fraction of sp³-hybridized carbons (Fsp3) is 0.719. The summed E-state index contributed by atoms with van der Waals surface area (Å²) in [6, 6.07) is 14.7. The Morgan fingerprint density at radius 3 is 1.41 bits per heavy atom. The lowest BCUT2D eigenvalue weighted by atomic mass is 9.75. The first kappa shape index (κ1) is 101. The second kappa shape index (κ2) is 78.4. The smallest absolute Gasteiger partial charge is 0.322 e. The molecule has 1 saturated heterocycles. The summed E-state index contributed by atoms with van der Waals surface area (Å²) in [5, 5.41) is 19.0. The second-order valence-corrected chi connectivity index (χ2v) is 14.6. The average molecular weight is 1080 g/mol. The Morgan fingerprint density at radius 1 is 0.662 bits per heavy atom. The molecule has 4 N–H and O–H groups in total. The van der Waals surface area contributed by atoms with Crippen molar-refractivity contribution in [1.82, 2.24) is 14.9 Å². The maximum atomic E-state index is 13.0. The number of rotatable bonds is 12. The molecule has 0 aromatic heterocycles. The van der Waals surface area contributed by atoms with E-state index in [0.29, 0.717) is 34.8 Å². The van der Waals surface area contributed by atoms with E-state index in [1.54, 1.807) is 10.8 Å². The highest BCUT2D eigenvalue weighted by molar-refractivity contribution is 7.88. The van der Waals surface area contributed by atoms with E-state index in [0.717, 1.165) is 24.7 Å². The number of unbranched alkanes of at least 4 members (excludes halogenated alkanes) is 2. The number of amides is 1. The number of hydrogen-bond acceptors (Lipinski definition) is 7. The van der Waals surface area contributed by atoms with Crippen molar-refractivity contribution < 1.29 is 37.8 Å². The van der Waals surface area contributed by atoms with Crippen molar-refractivity contribution in [2.75, 3.05) is 32.4 Å². The van der Waals surface area contributed by atoms with Crippen LogP contribution >= 0.6 is 23.2 Å². The monoisotopic (exact) mass is 1080 g/mol. The number of nitrogens with zero attached hydrogens (tertiary/aromatic N) is 1. The molecular weight excluding hydrogens is 958 g/mol. The number of carbonyl (C=O) groups excluding carboxylic acids is 2. The molecule has 0 unspecified atom stereocenters. The van der Waals surface area contributed by atoms with E-state index in [1.165, 1.54) is 63.2 Å². The number of fused-ring (bicyclic) bond motifs is 1. The molecule has 0 spiro atoms. The number of benzene rings is 2. The summed E-state index contributed by atoms with van der Waals surface area (Å²) in [6.07, 6.45) is 10.8. The first-order valence-electron chi connectivity index (χ1n) is 25.5. The van der Waals surface area contributed by atoms with Gasteiger partial charge in [-0.05, 0) is 67.6 Å². The normalized spacial score (nSPS) is 12.3.